The average molecular weight is 382 g/mol. The molecule has 3 rings (SSSR count). The van der Waals surface area contributed by atoms with Crippen molar-refractivity contribution >= 4 is 26.6 Å². The molecule has 0 spiro atoms. The number of para-hydroxylation sites is 2. The standard InChI is InChI=1S/C17H13F3N2O3S/c1-11-8-9-13-12(5-4-10-21-13)16(11)26(23,24)22-14-6-2-3-7-15(14)25-17(18,19)20/h2-10,22H,1H3. The first-order chi connectivity index (χ1) is 12.2. The maximum Gasteiger partial charge on any atom is 0.573 e. The van der Waals surface area contributed by atoms with Crippen LogP contribution >= 0.6 is 0 Å². The van der Waals surface area contributed by atoms with Crippen molar-refractivity contribution in [2.24, 2.45) is 0 Å². The summed E-state index contributed by atoms with van der Waals surface area (Å²) in [7, 11) is -4.19. The Morgan fingerprint density at radius 3 is 2.50 bits per heavy atom. The van der Waals surface area contributed by atoms with Gasteiger partial charge in [0.25, 0.3) is 10.0 Å². The fourth-order valence-corrected chi connectivity index (χ4v) is 4.07. The van der Waals surface area contributed by atoms with Crippen LogP contribution in [0.2, 0.25) is 0 Å². The first-order valence-corrected chi connectivity index (χ1v) is 8.88. The van der Waals surface area contributed by atoms with Crippen LogP contribution < -0.4 is 9.46 Å². The van der Waals surface area contributed by atoms with Crippen LogP contribution in [0.25, 0.3) is 10.9 Å². The number of hydrogen-bond donors (Lipinski definition) is 1. The summed E-state index contributed by atoms with van der Waals surface area (Å²) >= 11 is 0. The molecule has 9 heteroatoms. The molecule has 1 heterocycles. The Labute approximate surface area is 147 Å². The summed E-state index contributed by atoms with van der Waals surface area (Å²) in [6.07, 6.45) is -3.42. The average Bonchev–Trinajstić information content (AvgIpc) is 2.54. The van der Waals surface area contributed by atoms with E-state index in [0.29, 0.717) is 16.5 Å². The molecule has 0 aliphatic carbocycles. The number of sulfonamides is 1. The van der Waals surface area contributed by atoms with E-state index in [1.54, 1.807) is 31.2 Å². The van der Waals surface area contributed by atoms with Crippen LogP contribution in [0.15, 0.2) is 59.6 Å². The van der Waals surface area contributed by atoms with Gasteiger partial charge in [-0.15, -0.1) is 13.2 Å². The number of aryl methyl sites for hydroxylation is 1. The molecule has 0 saturated carbocycles. The van der Waals surface area contributed by atoms with Crippen LogP contribution in [0.5, 0.6) is 5.75 Å². The smallest absolute Gasteiger partial charge is 0.404 e. The number of aromatic nitrogens is 1. The highest BCUT2D eigenvalue weighted by Gasteiger charge is 2.33. The number of benzene rings is 2. The number of hydrogen-bond acceptors (Lipinski definition) is 4. The van der Waals surface area contributed by atoms with E-state index < -0.39 is 22.1 Å². The zero-order valence-electron chi connectivity index (χ0n) is 13.4. The SMILES string of the molecule is Cc1ccc2ncccc2c1S(=O)(=O)Nc1ccccc1OC(F)(F)F. The first-order valence-electron chi connectivity index (χ1n) is 7.39. The van der Waals surface area contributed by atoms with Crippen molar-refractivity contribution in [1.82, 2.24) is 4.98 Å². The van der Waals surface area contributed by atoms with E-state index in [1.165, 1.54) is 24.4 Å². The van der Waals surface area contributed by atoms with E-state index in [4.69, 9.17) is 0 Å². The molecule has 0 aliphatic heterocycles. The number of anilines is 1. The van der Waals surface area contributed by atoms with Crippen molar-refractivity contribution in [2.45, 2.75) is 18.2 Å². The van der Waals surface area contributed by atoms with Crippen molar-refractivity contribution in [3.63, 3.8) is 0 Å². The maximum absolute atomic E-state index is 12.9. The van der Waals surface area contributed by atoms with Crippen molar-refractivity contribution in [1.29, 1.82) is 0 Å². The monoisotopic (exact) mass is 382 g/mol. The number of nitrogens with one attached hydrogen (secondary N) is 1. The molecule has 0 atom stereocenters. The Bertz CT molecular complexity index is 1070. The Hall–Kier alpha value is -2.81. The van der Waals surface area contributed by atoms with Crippen LogP contribution in [-0.2, 0) is 10.0 Å². The van der Waals surface area contributed by atoms with E-state index in [9.17, 15) is 21.6 Å². The first kappa shape index (κ1) is 18.0. The van der Waals surface area contributed by atoms with Crippen LogP contribution in [0.3, 0.4) is 0 Å². The third-order valence-electron chi connectivity index (χ3n) is 3.56. The van der Waals surface area contributed by atoms with Gasteiger partial charge >= 0.3 is 6.36 Å². The van der Waals surface area contributed by atoms with Gasteiger partial charge in [-0.1, -0.05) is 18.2 Å². The van der Waals surface area contributed by atoms with E-state index in [2.05, 4.69) is 14.4 Å². The molecule has 1 N–H and O–H groups in total. The lowest BCUT2D eigenvalue weighted by atomic mass is 10.1. The van der Waals surface area contributed by atoms with Gasteiger partial charge in [-0.25, -0.2) is 8.42 Å². The highest BCUT2D eigenvalue weighted by Crippen LogP contribution is 2.33. The summed E-state index contributed by atoms with van der Waals surface area (Å²) in [4.78, 5) is 4.05. The Morgan fingerprint density at radius 1 is 1.04 bits per heavy atom. The quantitative estimate of drug-likeness (QED) is 0.733. The molecule has 0 saturated heterocycles. The number of ether oxygens (including phenoxy) is 1. The summed E-state index contributed by atoms with van der Waals surface area (Å²) in [5.41, 5.74) is 0.579. The van der Waals surface area contributed by atoms with Gasteiger partial charge in [0.05, 0.1) is 16.1 Å². The number of halogens is 3. The minimum absolute atomic E-state index is 0.0510. The molecule has 136 valence electrons. The number of fused-ring (bicyclic) bond motifs is 1. The predicted octanol–water partition coefficient (Wildman–Crippen LogP) is 4.24. The highest BCUT2D eigenvalue weighted by atomic mass is 32.2. The Balaban J connectivity index is 2.08. The zero-order chi connectivity index (χ0) is 18.9. The molecular weight excluding hydrogens is 369 g/mol. The van der Waals surface area contributed by atoms with Gasteiger partial charge in [-0.3, -0.25) is 9.71 Å². The summed E-state index contributed by atoms with van der Waals surface area (Å²) < 4.78 is 69.5. The molecule has 0 radical (unpaired) electrons. The predicted molar refractivity (Wildman–Crippen MR) is 90.4 cm³/mol. The minimum Gasteiger partial charge on any atom is -0.404 e. The lowest BCUT2D eigenvalue weighted by molar-refractivity contribution is -0.274. The molecule has 0 amide bonds. The number of alkyl halides is 3. The second-order valence-electron chi connectivity index (χ2n) is 5.43. The van der Waals surface area contributed by atoms with Crippen molar-refractivity contribution < 1.29 is 26.3 Å². The van der Waals surface area contributed by atoms with Crippen molar-refractivity contribution in [2.75, 3.05) is 4.72 Å². The van der Waals surface area contributed by atoms with Gasteiger partial charge in [0.1, 0.15) is 0 Å². The number of pyridine rings is 1. The van der Waals surface area contributed by atoms with Gasteiger partial charge in [-0.2, -0.15) is 0 Å². The topological polar surface area (TPSA) is 68.3 Å². The summed E-state index contributed by atoms with van der Waals surface area (Å²) in [5, 5.41) is 0.370. The van der Waals surface area contributed by atoms with Crippen LogP contribution in [0.1, 0.15) is 5.56 Å². The van der Waals surface area contributed by atoms with E-state index in [0.717, 1.165) is 6.07 Å². The van der Waals surface area contributed by atoms with Crippen LogP contribution in [0.4, 0.5) is 18.9 Å². The zero-order valence-corrected chi connectivity index (χ0v) is 14.2. The minimum atomic E-state index is -4.94. The molecule has 3 aromatic rings. The van der Waals surface area contributed by atoms with Gasteiger partial charge in [0.15, 0.2) is 5.75 Å². The Kier molecular flexibility index (Phi) is 4.49. The van der Waals surface area contributed by atoms with Gasteiger partial charge < -0.3 is 4.74 Å². The lowest BCUT2D eigenvalue weighted by Crippen LogP contribution is -2.20. The van der Waals surface area contributed by atoms with E-state index >= 15 is 0 Å². The largest absolute Gasteiger partial charge is 0.573 e. The molecule has 0 aliphatic rings. The maximum atomic E-state index is 12.9. The summed E-state index contributed by atoms with van der Waals surface area (Å²) in [5.74, 6) is -0.639. The second-order valence-corrected chi connectivity index (χ2v) is 7.05. The van der Waals surface area contributed by atoms with Crippen molar-refractivity contribution in [3.8, 4) is 5.75 Å². The lowest BCUT2D eigenvalue weighted by Gasteiger charge is -2.16. The molecule has 5 nitrogen and oxygen atoms in total. The van der Waals surface area contributed by atoms with Gasteiger partial charge in [0.2, 0.25) is 0 Å². The van der Waals surface area contributed by atoms with Gasteiger partial charge in [0, 0.05) is 11.6 Å². The van der Waals surface area contributed by atoms with Crippen molar-refractivity contribution in [3.05, 3.63) is 60.3 Å². The molecule has 26 heavy (non-hydrogen) atoms. The number of nitrogens with zero attached hydrogens (tertiary/aromatic N) is 1. The fraction of sp³-hybridized carbons (Fsp3) is 0.118. The van der Waals surface area contributed by atoms with E-state index in [1.807, 2.05) is 0 Å². The molecular formula is C17H13F3N2O3S. The molecule has 0 bridgehead atoms. The van der Waals surface area contributed by atoms with Gasteiger partial charge in [-0.05, 0) is 42.8 Å². The third kappa shape index (κ3) is 3.72. The molecule has 1 aromatic heterocycles. The number of rotatable bonds is 4. The molecule has 0 unspecified atom stereocenters. The Morgan fingerprint density at radius 2 is 1.77 bits per heavy atom. The third-order valence-corrected chi connectivity index (χ3v) is 5.13. The van der Waals surface area contributed by atoms with Crippen LogP contribution in [-0.4, -0.2) is 19.8 Å². The highest BCUT2D eigenvalue weighted by molar-refractivity contribution is 7.93. The normalized spacial score (nSPS) is 12.2. The molecule has 2 aromatic carbocycles. The molecule has 0 fully saturated rings. The summed E-state index contributed by atoms with van der Waals surface area (Å²) in [6, 6.07) is 11.4. The second kappa shape index (κ2) is 6.49. The fourth-order valence-electron chi connectivity index (χ4n) is 2.55. The summed E-state index contributed by atoms with van der Waals surface area (Å²) in [6.45, 7) is 1.60. The van der Waals surface area contributed by atoms with E-state index in [-0.39, 0.29) is 10.6 Å². The van der Waals surface area contributed by atoms with Crippen LogP contribution in [0, 0.1) is 6.92 Å².